The molecule has 2 aromatic carbocycles. The number of rotatable bonds is 4. The molecule has 0 saturated carbocycles. The van der Waals surface area contributed by atoms with E-state index >= 15 is 0 Å². The zero-order valence-corrected chi connectivity index (χ0v) is 24.2. The molecule has 0 radical (unpaired) electrons. The summed E-state index contributed by atoms with van der Waals surface area (Å²) in [4.78, 5) is 32.0. The molecule has 1 fully saturated rings. The van der Waals surface area contributed by atoms with Crippen molar-refractivity contribution in [1.29, 1.82) is 5.26 Å². The number of fused-ring (bicyclic) bond motifs is 1. The van der Waals surface area contributed by atoms with Crippen molar-refractivity contribution in [2.75, 3.05) is 13.1 Å². The minimum absolute atomic E-state index is 0.0132. The van der Waals surface area contributed by atoms with Crippen LogP contribution in [0.15, 0.2) is 67.0 Å². The van der Waals surface area contributed by atoms with Crippen LogP contribution in [0.4, 0.5) is 4.79 Å². The summed E-state index contributed by atoms with van der Waals surface area (Å²) in [6, 6.07) is 19.4. The van der Waals surface area contributed by atoms with Gasteiger partial charge in [0.1, 0.15) is 11.2 Å². The van der Waals surface area contributed by atoms with Gasteiger partial charge in [-0.05, 0) is 88.9 Å². The SMILES string of the molecule is Cc1cc2ncc(-c3ccc(C#N)cc3)n2cc1-c1ccc(C(=O)N2CCC(C)(NC(=O)OC(C)(C)C)CC2)cc1. The maximum Gasteiger partial charge on any atom is 0.408 e. The smallest absolute Gasteiger partial charge is 0.408 e. The lowest BCUT2D eigenvalue weighted by atomic mass is 9.89. The number of ether oxygens (including phenoxy) is 1. The number of imidazole rings is 1. The van der Waals surface area contributed by atoms with E-state index in [1.165, 1.54) is 0 Å². The molecule has 3 heterocycles. The third-order valence-electron chi connectivity index (χ3n) is 7.56. The number of hydrogen-bond donors (Lipinski definition) is 1. The summed E-state index contributed by atoms with van der Waals surface area (Å²) in [5, 5.41) is 12.1. The predicted molar refractivity (Wildman–Crippen MR) is 158 cm³/mol. The highest BCUT2D eigenvalue weighted by Gasteiger charge is 2.34. The Bertz CT molecular complexity index is 1630. The maximum absolute atomic E-state index is 13.3. The van der Waals surface area contributed by atoms with Crippen molar-refractivity contribution < 1.29 is 14.3 Å². The lowest BCUT2D eigenvalue weighted by Gasteiger charge is -2.40. The quantitative estimate of drug-likeness (QED) is 0.319. The van der Waals surface area contributed by atoms with Crippen molar-refractivity contribution in [3.8, 4) is 28.5 Å². The van der Waals surface area contributed by atoms with Gasteiger partial charge in [0.25, 0.3) is 5.91 Å². The van der Waals surface area contributed by atoms with Gasteiger partial charge >= 0.3 is 6.09 Å². The number of hydrogen-bond acceptors (Lipinski definition) is 5. The van der Waals surface area contributed by atoms with Gasteiger partial charge in [0.15, 0.2) is 0 Å². The number of pyridine rings is 1. The molecule has 0 atom stereocenters. The number of benzene rings is 2. The highest BCUT2D eigenvalue weighted by atomic mass is 16.6. The number of piperidine rings is 1. The van der Waals surface area contributed by atoms with E-state index in [-0.39, 0.29) is 5.91 Å². The fraction of sp³-hybridized carbons (Fsp3) is 0.333. The zero-order valence-electron chi connectivity index (χ0n) is 24.2. The molecule has 0 bridgehead atoms. The maximum atomic E-state index is 13.3. The molecule has 4 aromatic rings. The topological polar surface area (TPSA) is 99.7 Å². The summed E-state index contributed by atoms with van der Waals surface area (Å²) in [5.74, 6) is -0.0132. The molecule has 5 rings (SSSR count). The van der Waals surface area contributed by atoms with E-state index in [1.807, 2.05) is 75.2 Å². The Balaban J connectivity index is 1.30. The second-order valence-corrected chi connectivity index (χ2v) is 12.0. The minimum atomic E-state index is -0.556. The van der Waals surface area contributed by atoms with E-state index in [2.05, 4.69) is 40.0 Å². The number of nitrogens with one attached hydrogen (secondary N) is 1. The van der Waals surface area contributed by atoms with Gasteiger partial charge in [-0.1, -0.05) is 24.3 Å². The predicted octanol–water partition coefficient (Wildman–Crippen LogP) is 6.37. The van der Waals surface area contributed by atoms with Crippen molar-refractivity contribution >= 4 is 17.6 Å². The van der Waals surface area contributed by atoms with Crippen LogP contribution >= 0.6 is 0 Å². The van der Waals surface area contributed by atoms with Crippen molar-refractivity contribution in [3.05, 3.63) is 83.7 Å². The Morgan fingerprint density at radius 1 is 1.02 bits per heavy atom. The minimum Gasteiger partial charge on any atom is -0.444 e. The lowest BCUT2D eigenvalue weighted by Crippen LogP contribution is -2.55. The Hall–Kier alpha value is -4.64. The van der Waals surface area contributed by atoms with Crippen molar-refractivity contribution in [1.82, 2.24) is 19.6 Å². The van der Waals surface area contributed by atoms with Crippen LogP contribution in [0.3, 0.4) is 0 Å². The molecular weight excluding hydrogens is 514 g/mol. The number of carbonyl (C=O) groups excluding carboxylic acids is 2. The average Bonchev–Trinajstić information content (AvgIpc) is 3.34. The molecule has 1 aliphatic rings. The van der Waals surface area contributed by atoms with Crippen LogP contribution in [0.25, 0.3) is 28.0 Å². The number of carbonyl (C=O) groups is 2. The first-order valence-corrected chi connectivity index (χ1v) is 13.8. The molecule has 1 saturated heterocycles. The molecule has 0 unspecified atom stereocenters. The van der Waals surface area contributed by atoms with Gasteiger partial charge in [-0.25, -0.2) is 9.78 Å². The van der Waals surface area contributed by atoms with Crippen LogP contribution in [-0.4, -0.2) is 50.5 Å². The zero-order chi connectivity index (χ0) is 29.4. The summed E-state index contributed by atoms with van der Waals surface area (Å²) in [5.41, 5.74) is 6.18. The van der Waals surface area contributed by atoms with E-state index in [9.17, 15) is 9.59 Å². The molecule has 0 aliphatic carbocycles. The van der Waals surface area contributed by atoms with Gasteiger partial charge in [0, 0.05) is 41.5 Å². The third kappa shape index (κ3) is 6.09. The van der Waals surface area contributed by atoms with Crippen LogP contribution in [-0.2, 0) is 4.74 Å². The number of nitrogens with zero attached hydrogens (tertiary/aromatic N) is 4. The molecule has 1 N–H and O–H groups in total. The summed E-state index contributed by atoms with van der Waals surface area (Å²) >= 11 is 0. The number of aryl methyl sites for hydroxylation is 1. The number of alkyl carbamates (subject to hydrolysis) is 1. The third-order valence-corrected chi connectivity index (χ3v) is 7.56. The van der Waals surface area contributed by atoms with Crippen molar-refractivity contribution in [2.45, 2.75) is 58.6 Å². The van der Waals surface area contributed by atoms with Crippen LogP contribution in [0.2, 0.25) is 0 Å². The van der Waals surface area contributed by atoms with Crippen LogP contribution in [0.1, 0.15) is 62.0 Å². The highest BCUT2D eigenvalue weighted by Crippen LogP contribution is 2.29. The Kier molecular flexibility index (Phi) is 7.31. The van der Waals surface area contributed by atoms with E-state index < -0.39 is 17.2 Å². The standard InChI is InChI=1S/C33H35N5O3/c1-22-18-29-35-20-28(25-8-6-23(19-34)7-9-25)38(29)21-27(22)24-10-12-26(13-11-24)30(39)37-16-14-33(5,15-17-37)36-31(40)41-32(2,3)4/h6-13,18,20-21H,14-17H2,1-5H3,(H,36,40). The van der Waals surface area contributed by atoms with Gasteiger partial charge in [-0.2, -0.15) is 5.26 Å². The molecule has 8 nitrogen and oxygen atoms in total. The number of amides is 2. The summed E-state index contributed by atoms with van der Waals surface area (Å²) in [6.45, 7) is 10.7. The number of aromatic nitrogens is 2. The molecule has 210 valence electrons. The molecule has 0 spiro atoms. The van der Waals surface area contributed by atoms with E-state index in [1.54, 1.807) is 12.1 Å². The largest absolute Gasteiger partial charge is 0.444 e. The Morgan fingerprint density at radius 3 is 2.27 bits per heavy atom. The number of nitriles is 1. The molecule has 2 aromatic heterocycles. The second-order valence-electron chi connectivity index (χ2n) is 12.0. The average molecular weight is 550 g/mol. The fourth-order valence-electron chi connectivity index (χ4n) is 5.20. The monoisotopic (exact) mass is 549 g/mol. The first kappa shape index (κ1) is 27.9. The van der Waals surface area contributed by atoms with Gasteiger partial charge in [0.05, 0.1) is 23.5 Å². The van der Waals surface area contributed by atoms with E-state index in [4.69, 9.17) is 10.00 Å². The summed E-state index contributed by atoms with van der Waals surface area (Å²) in [6.07, 6.45) is 4.80. The summed E-state index contributed by atoms with van der Waals surface area (Å²) < 4.78 is 7.47. The van der Waals surface area contributed by atoms with Crippen molar-refractivity contribution in [3.63, 3.8) is 0 Å². The Morgan fingerprint density at radius 2 is 1.66 bits per heavy atom. The van der Waals surface area contributed by atoms with Crippen LogP contribution in [0.5, 0.6) is 0 Å². The van der Waals surface area contributed by atoms with E-state index in [0.29, 0.717) is 37.1 Å². The molecule has 1 aliphatic heterocycles. The van der Waals surface area contributed by atoms with Gasteiger partial charge in [-0.15, -0.1) is 0 Å². The van der Waals surface area contributed by atoms with Crippen molar-refractivity contribution in [2.24, 2.45) is 0 Å². The van der Waals surface area contributed by atoms with Gasteiger partial charge in [0.2, 0.25) is 0 Å². The summed E-state index contributed by atoms with van der Waals surface area (Å²) in [7, 11) is 0. The lowest BCUT2D eigenvalue weighted by molar-refractivity contribution is 0.0396. The van der Waals surface area contributed by atoms with Crippen LogP contribution in [0, 0.1) is 18.3 Å². The van der Waals surface area contributed by atoms with E-state index in [0.717, 1.165) is 33.6 Å². The second kappa shape index (κ2) is 10.7. The highest BCUT2D eigenvalue weighted by molar-refractivity contribution is 5.95. The van der Waals surface area contributed by atoms with Crippen LogP contribution < -0.4 is 5.32 Å². The van der Waals surface area contributed by atoms with Gasteiger partial charge < -0.3 is 15.0 Å². The normalized spacial score (nSPS) is 14.9. The fourth-order valence-corrected chi connectivity index (χ4v) is 5.20. The first-order valence-electron chi connectivity index (χ1n) is 13.8. The molecule has 41 heavy (non-hydrogen) atoms. The molecule has 8 heteroatoms. The number of likely N-dealkylation sites (tertiary alicyclic amines) is 1. The molecule has 2 amide bonds. The molecular formula is C33H35N5O3. The first-order chi connectivity index (χ1) is 19.4. The van der Waals surface area contributed by atoms with Gasteiger partial charge in [-0.3, -0.25) is 9.20 Å². The Labute approximate surface area is 240 Å².